The Morgan fingerprint density at radius 1 is 0.760 bits per heavy atom. The molecule has 3 heterocycles. The summed E-state index contributed by atoms with van der Waals surface area (Å²) in [4.78, 5) is 0.744. The van der Waals surface area contributed by atoms with Crippen molar-refractivity contribution in [1.29, 1.82) is 0 Å². The first kappa shape index (κ1) is 14.1. The van der Waals surface area contributed by atoms with Crippen LogP contribution in [0.1, 0.15) is 0 Å². The van der Waals surface area contributed by atoms with Gasteiger partial charge in [-0.05, 0) is 23.3 Å². The molecular weight excluding hydrogens is 332 g/mol. The highest BCUT2D eigenvalue weighted by Gasteiger charge is 2.16. The summed E-state index contributed by atoms with van der Waals surface area (Å²) in [5.41, 5.74) is 3.44. The van der Waals surface area contributed by atoms with Crippen molar-refractivity contribution in [1.82, 2.24) is 19.8 Å². The largest absolute Gasteiger partial charge is 0.461 e. The average Bonchev–Trinajstić information content (AvgIpc) is 3.39. The van der Waals surface area contributed by atoms with Crippen LogP contribution in [0.2, 0.25) is 0 Å². The van der Waals surface area contributed by atoms with Crippen molar-refractivity contribution < 1.29 is 4.42 Å². The Hall–Kier alpha value is -3.25. The molecule has 0 amide bonds. The van der Waals surface area contributed by atoms with Gasteiger partial charge in [0.05, 0.1) is 6.26 Å². The standard InChI is InChI=1S/C19H12N4OS/c1-2-5-13(6-3-1)14-8-10-15(11-9-14)18-22-23-17(16-7-4-12-24-16)20-21-19(23)25-18/h1-12H. The number of furan rings is 1. The summed E-state index contributed by atoms with van der Waals surface area (Å²) < 4.78 is 7.13. The maximum Gasteiger partial charge on any atom is 0.235 e. The van der Waals surface area contributed by atoms with Gasteiger partial charge in [-0.2, -0.15) is 9.61 Å². The van der Waals surface area contributed by atoms with Crippen molar-refractivity contribution in [2.24, 2.45) is 0 Å². The first-order chi connectivity index (χ1) is 12.4. The fourth-order valence-corrected chi connectivity index (χ4v) is 3.57. The predicted octanol–water partition coefficient (Wildman–Crippen LogP) is 4.78. The minimum Gasteiger partial charge on any atom is -0.461 e. The highest BCUT2D eigenvalue weighted by molar-refractivity contribution is 7.19. The van der Waals surface area contributed by atoms with Gasteiger partial charge in [-0.25, -0.2) is 0 Å². The predicted molar refractivity (Wildman–Crippen MR) is 97.2 cm³/mol. The molecule has 6 heteroatoms. The van der Waals surface area contributed by atoms with Gasteiger partial charge in [0.25, 0.3) is 0 Å². The van der Waals surface area contributed by atoms with E-state index < -0.39 is 0 Å². The molecule has 120 valence electrons. The molecule has 0 unspecified atom stereocenters. The second kappa shape index (κ2) is 5.68. The zero-order chi connectivity index (χ0) is 16.6. The highest BCUT2D eigenvalue weighted by atomic mass is 32.1. The lowest BCUT2D eigenvalue weighted by Crippen LogP contribution is -1.89. The molecule has 5 aromatic rings. The summed E-state index contributed by atoms with van der Waals surface area (Å²) in [5.74, 6) is 1.27. The van der Waals surface area contributed by atoms with Crippen LogP contribution >= 0.6 is 11.3 Å². The lowest BCUT2D eigenvalue weighted by Gasteiger charge is -2.02. The van der Waals surface area contributed by atoms with Crippen LogP contribution in [-0.4, -0.2) is 19.8 Å². The second-order valence-corrected chi connectivity index (χ2v) is 6.50. The Balaban J connectivity index is 1.53. The maximum absolute atomic E-state index is 5.41. The van der Waals surface area contributed by atoms with Gasteiger partial charge < -0.3 is 4.42 Å². The molecule has 0 atom stereocenters. The van der Waals surface area contributed by atoms with Gasteiger partial charge in [-0.3, -0.25) is 0 Å². The van der Waals surface area contributed by atoms with Crippen molar-refractivity contribution in [2.45, 2.75) is 0 Å². The van der Waals surface area contributed by atoms with Crippen molar-refractivity contribution in [3.8, 4) is 33.3 Å². The summed E-state index contributed by atoms with van der Waals surface area (Å²) in [6.07, 6.45) is 1.62. The maximum atomic E-state index is 5.41. The van der Waals surface area contributed by atoms with Crippen LogP contribution in [0.15, 0.2) is 77.4 Å². The van der Waals surface area contributed by atoms with Crippen molar-refractivity contribution in [3.63, 3.8) is 0 Å². The zero-order valence-electron chi connectivity index (χ0n) is 13.0. The molecule has 0 saturated heterocycles. The van der Waals surface area contributed by atoms with Crippen LogP contribution < -0.4 is 0 Å². The van der Waals surface area contributed by atoms with Gasteiger partial charge >= 0.3 is 0 Å². The van der Waals surface area contributed by atoms with E-state index in [0.29, 0.717) is 11.6 Å². The number of hydrogen-bond acceptors (Lipinski definition) is 5. The molecule has 0 aliphatic heterocycles. The van der Waals surface area contributed by atoms with E-state index in [9.17, 15) is 0 Å². The smallest absolute Gasteiger partial charge is 0.235 e. The highest BCUT2D eigenvalue weighted by Crippen LogP contribution is 2.29. The fourth-order valence-electron chi connectivity index (χ4n) is 2.73. The molecule has 3 aromatic heterocycles. The minimum absolute atomic E-state index is 0.614. The normalized spacial score (nSPS) is 11.2. The molecule has 0 aliphatic rings. The molecule has 5 rings (SSSR count). The molecule has 0 saturated carbocycles. The third-order valence-corrected chi connectivity index (χ3v) is 4.92. The van der Waals surface area contributed by atoms with Gasteiger partial charge in [-0.1, -0.05) is 65.9 Å². The van der Waals surface area contributed by atoms with Gasteiger partial charge in [-0.15, -0.1) is 10.2 Å². The molecule has 0 fully saturated rings. The van der Waals surface area contributed by atoms with E-state index in [2.05, 4.69) is 51.7 Å². The lowest BCUT2D eigenvalue weighted by atomic mass is 10.0. The lowest BCUT2D eigenvalue weighted by molar-refractivity contribution is 0.575. The number of benzene rings is 2. The Labute approximate surface area is 147 Å². The van der Waals surface area contributed by atoms with E-state index in [-0.39, 0.29) is 0 Å². The molecule has 0 radical (unpaired) electrons. The van der Waals surface area contributed by atoms with Crippen LogP contribution in [0.3, 0.4) is 0 Å². The van der Waals surface area contributed by atoms with E-state index >= 15 is 0 Å². The topological polar surface area (TPSA) is 56.2 Å². The van der Waals surface area contributed by atoms with E-state index in [1.165, 1.54) is 22.5 Å². The first-order valence-electron chi connectivity index (χ1n) is 7.80. The quantitative estimate of drug-likeness (QED) is 0.473. The molecular formula is C19H12N4OS. The Bertz CT molecular complexity index is 1130. The van der Waals surface area contributed by atoms with Gasteiger partial charge in [0, 0.05) is 5.56 Å². The van der Waals surface area contributed by atoms with Crippen LogP contribution in [0.4, 0.5) is 0 Å². The van der Waals surface area contributed by atoms with Crippen molar-refractivity contribution in [2.75, 3.05) is 0 Å². The van der Waals surface area contributed by atoms with Gasteiger partial charge in [0.2, 0.25) is 10.8 Å². The zero-order valence-corrected chi connectivity index (χ0v) is 13.9. The summed E-state index contributed by atoms with van der Waals surface area (Å²) >= 11 is 1.51. The first-order valence-corrected chi connectivity index (χ1v) is 8.62. The fraction of sp³-hybridized carbons (Fsp3) is 0. The Morgan fingerprint density at radius 2 is 1.52 bits per heavy atom. The summed E-state index contributed by atoms with van der Waals surface area (Å²) in [6, 6.07) is 22.4. The molecule has 2 aromatic carbocycles. The average molecular weight is 344 g/mol. The van der Waals surface area contributed by atoms with E-state index in [1.54, 1.807) is 10.8 Å². The van der Waals surface area contributed by atoms with Crippen LogP contribution in [0, 0.1) is 0 Å². The SMILES string of the molecule is c1ccc(-c2ccc(-c3nn4c(-c5ccco5)nnc4s3)cc2)cc1. The molecule has 0 N–H and O–H groups in total. The number of fused-ring (bicyclic) bond motifs is 1. The molecule has 25 heavy (non-hydrogen) atoms. The van der Waals surface area contributed by atoms with E-state index in [1.807, 2.05) is 30.3 Å². The van der Waals surface area contributed by atoms with E-state index in [0.717, 1.165) is 15.5 Å². The minimum atomic E-state index is 0.614. The second-order valence-electron chi connectivity index (χ2n) is 5.55. The van der Waals surface area contributed by atoms with E-state index in [4.69, 9.17) is 4.42 Å². The van der Waals surface area contributed by atoms with Crippen LogP contribution in [0.5, 0.6) is 0 Å². The van der Waals surface area contributed by atoms with Crippen LogP contribution in [-0.2, 0) is 0 Å². The number of hydrogen-bond donors (Lipinski definition) is 0. The molecule has 5 nitrogen and oxygen atoms in total. The van der Waals surface area contributed by atoms with Crippen LogP contribution in [0.25, 0.3) is 38.2 Å². The summed E-state index contributed by atoms with van der Waals surface area (Å²) in [5, 5.41) is 13.9. The van der Waals surface area contributed by atoms with Gasteiger partial charge in [0.1, 0.15) is 5.01 Å². The third kappa shape index (κ3) is 2.43. The Kier molecular flexibility index (Phi) is 3.21. The molecule has 0 spiro atoms. The number of nitrogens with zero attached hydrogens (tertiary/aromatic N) is 4. The molecule has 0 aliphatic carbocycles. The molecule has 0 bridgehead atoms. The van der Waals surface area contributed by atoms with Crippen molar-refractivity contribution in [3.05, 3.63) is 73.0 Å². The summed E-state index contributed by atoms with van der Waals surface area (Å²) in [6.45, 7) is 0. The summed E-state index contributed by atoms with van der Waals surface area (Å²) in [7, 11) is 0. The number of rotatable bonds is 3. The van der Waals surface area contributed by atoms with Gasteiger partial charge in [0.15, 0.2) is 5.76 Å². The monoisotopic (exact) mass is 344 g/mol. The number of aromatic nitrogens is 4. The van der Waals surface area contributed by atoms with Crippen molar-refractivity contribution >= 4 is 16.3 Å². The Morgan fingerprint density at radius 3 is 2.28 bits per heavy atom. The third-order valence-electron chi connectivity index (χ3n) is 3.97.